The zero-order valence-electron chi connectivity index (χ0n) is 11.3. The van der Waals surface area contributed by atoms with Crippen LogP contribution >= 0.6 is 12.4 Å². The summed E-state index contributed by atoms with van der Waals surface area (Å²) in [6.45, 7) is 3.76. The third-order valence-corrected chi connectivity index (χ3v) is 3.33. The van der Waals surface area contributed by atoms with Gasteiger partial charge in [0.2, 0.25) is 0 Å². The molecule has 0 atom stereocenters. The first-order chi connectivity index (χ1) is 8.64. The molecule has 1 aliphatic heterocycles. The predicted octanol–water partition coefficient (Wildman–Crippen LogP) is 2.42. The summed E-state index contributed by atoms with van der Waals surface area (Å²) in [5.41, 5.74) is 0.114. The lowest BCUT2D eigenvalue weighted by Crippen LogP contribution is -2.43. The first-order valence-corrected chi connectivity index (χ1v) is 6.22. The van der Waals surface area contributed by atoms with Gasteiger partial charge in [0.25, 0.3) is 0 Å². The summed E-state index contributed by atoms with van der Waals surface area (Å²) in [6, 6.07) is 7.14. The van der Waals surface area contributed by atoms with Crippen LogP contribution in [-0.2, 0) is 4.74 Å². The minimum atomic E-state index is -0.372. The number of carbonyl (C=O) groups excluding carboxylic acids is 1. The van der Waals surface area contributed by atoms with E-state index in [1.54, 1.807) is 19.2 Å². The van der Waals surface area contributed by atoms with Gasteiger partial charge in [-0.15, -0.1) is 12.4 Å². The molecule has 1 fully saturated rings. The summed E-state index contributed by atoms with van der Waals surface area (Å²) in [4.78, 5) is 12.2. The highest BCUT2D eigenvalue weighted by Gasteiger charge is 2.31. The van der Waals surface area contributed by atoms with Crippen LogP contribution in [0.15, 0.2) is 24.3 Å². The SMILES string of the molecule is COc1ccccc1C(=O)OC1(C)CCNCC1.Cl. The van der Waals surface area contributed by atoms with Crippen molar-refractivity contribution in [1.82, 2.24) is 5.32 Å². The molecular weight excluding hydrogens is 266 g/mol. The van der Waals surface area contributed by atoms with Gasteiger partial charge in [-0.25, -0.2) is 4.79 Å². The normalized spacial score (nSPS) is 17.2. The third kappa shape index (κ3) is 3.85. The molecule has 1 aromatic rings. The molecule has 1 aromatic carbocycles. The molecule has 0 amide bonds. The van der Waals surface area contributed by atoms with E-state index < -0.39 is 0 Å². The highest BCUT2D eigenvalue weighted by Crippen LogP contribution is 2.26. The molecule has 0 bridgehead atoms. The molecule has 1 saturated heterocycles. The van der Waals surface area contributed by atoms with Gasteiger partial charge in [0.15, 0.2) is 0 Å². The Kier molecular flexibility index (Phi) is 5.63. The van der Waals surface area contributed by atoms with Gasteiger partial charge in [-0.2, -0.15) is 0 Å². The average Bonchev–Trinajstić information content (AvgIpc) is 2.39. The van der Waals surface area contributed by atoms with Crippen LogP contribution in [0.4, 0.5) is 0 Å². The maximum Gasteiger partial charge on any atom is 0.342 e. The van der Waals surface area contributed by atoms with Gasteiger partial charge < -0.3 is 14.8 Å². The van der Waals surface area contributed by atoms with E-state index in [9.17, 15) is 4.79 Å². The van der Waals surface area contributed by atoms with Crippen LogP contribution in [0.25, 0.3) is 0 Å². The van der Waals surface area contributed by atoms with Crippen molar-refractivity contribution in [2.45, 2.75) is 25.4 Å². The van der Waals surface area contributed by atoms with E-state index in [4.69, 9.17) is 9.47 Å². The van der Waals surface area contributed by atoms with Crippen LogP contribution in [0.5, 0.6) is 5.75 Å². The van der Waals surface area contributed by atoms with Crippen molar-refractivity contribution in [3.63, 3.8) is 0 Å². The first-order valence-electron chi connectivity index (χ1n) is 6.22. The Morgan fingerprint density at radius 1 is 1.26 bits per heavy atom. The molecule has 106 valence electrons. The van der Waals surface area contributed by atoms with Crippen molar-refractivity contribution < 1.29 is 14.3 Å². The Labute approximate surface area is 119 Å². The lowest BCUT2D eigenvalue weighted by molar-refractivity contribution is -0.0236. The zero-order valence-corrected chi connectivity index (χ0v) is 12.1. The van der Waals surface area contributed by atoms with Crippen LogP contribution in [0.1, 0.15) is 30.1 Å². The maximum atomic E-state index is 12.2. The van der Waals surface area contributed by atoms with Crippen LogP contribution in [0, 0.1) is 0 Å². The Bertz CT molecular complexity index is 430. The maximum absolute atomic E-state index is 12.2. The molecule has 1 heterocycles. The topological polar surface area (TPSA) is 47.6 Å². The molecular formula is C14H20ClNO3. The quantitative estimate of drug-likeness (QED) is 0.867. The fraction of sp³-hybridized carbons (Fsp3) is 0.500. The van der Waals surface area contributed by atoms with Gasteiger partial charge in [0.05, 0.1) is 7.11 Å². The van der Waals surface area contributed by atoms with Crippen LogP contribution in [0.2, 0.25) is 0 Å². The predicted molar refractivity (Wildman–Crippen MR) is 76.2 cm³/mol. The Hall–Kier alpha value is -1.26. The van der Waals surface area contributed by atoms with Crippen molar-refractivity contribution in [3.05, 3.63) is 29.8 Å². The number of methoxy groups -OCH3 is 1. The number of esters is 1. The molecule has 0 aromatic heterocycles. The molecule has 0 spiro atoms. The second-order valence-electron chi connectivity index (χ2n) is 4.79. The Morgan fingerprint density at radius 2 is 1.89 bits per heavy atom. The van der Waals surface area contributed by atoms with Crippen LogP contribution in [-0.4, -0.2) is 31.8 Å². The second kappa shape index (κ2) is 6.78. The number of rotatable bonds is 3. The van der Waals surface area contributed by atoms with E-state index in [-0.39, 0.29) is 24.0 Å². The van der Waals surface area contributed by atoms with Gasteiger partial charge in [-0.1, -0.05) is 12.1 Å². The Balaban J connectivity index is 0.00000180. The molecule has 2 rings (SSSR count). The number of hydrogen-bond acceptors (Lipinski definition) is 4. The molecule has 5 heteroatoms. The van der Waals surface area contributed by atoms with E-state index >= 15 is 0 Å². The fourth-order valence-electron chi connectivity index (χ4n) is 2.15. The minimum Gasteiger partial charge on any atom is -0.496 e. The van der Waals surface area contributed by atoms with Crippen molar-refractivity contribution in [1.29, 1.82) is 0 Å². The number of benzene rings is 1. The molecule has 0 unspecified atom stereocenters. The number of para-hydroxylation sites is 1. The fourth-order valence-corrected chi connectivity index (χ4v) is 2.15. The molecule has 0 saturated carbocycles. The number of hydrogen-bond donors (Lipinski definition) is 1. The minimum absolute atomic E-state index is 0. The number of nitrogens with one attached hydrogen (secondary N) is 1. The second-order valence-corrected chi connectivity index (χ2v) is 4.79. The monoisotopic (exact) mass is 285 g/mol. The van der Waals surface area contributed by atoms with Crippen molar-refractivity contribution in [2.75, 3.05) is 20.2 Å². The summed E-state index contributed by atoms with van der Waals surface area (Å²) in [7, 11) is 1.55. The summed E-state index contributed by atoms with van der Waals surface area (Å²) in [6.07, 6.45) is 1.68. The van der Waals surface area contributed by atoms with Crippen LogP contribution in [0.3, 0.4) is 0 Å². The average molecular weight is 286 g/mol. The molecule has 4 nitrogen and oxygen atoms in total. The molecule has 0 aliphatic carbocycles. The first kappa shape index (κ1) is 15.8. The van der Waals surface area contributed by atoms with Crippen LogP contribution < -0.4 is 10.1 Å². The number of piperidine rings is 1. The van der Waals surface area contributed by atoms with Gasteiger partial charge in [0, 0.05) is 0 Å². The summed E-state index contributed by atoms with van der Waals surface area (Å²) < 4.78 is 10.8. The summed E-state index contributed by atoms with van der Waals surface area (Å²) in [5, 5.41) is 3.26. The van der Waals surface area contributed by atoms with Gasteiger partial charge in [-0.3, -0.25) is 0 Å². The number of ether oxygens (including phenoxy) is 2. The van der Waals surface area contributed by atoms with Crippen molar-refractivity contribution >= 4 is 18.4 Å². The zero-order chi connectivity index (χ0) is 13.0. The highest BCUT2D eigenvalue weighted by molar-refractivity contribution is 5.92. The largest absolute Gasteiger partial charge is 0.496 e. The highest BCUT2D eigenvalue weighted by atomic mass is 35.5. The van der Waals surface area contributed by atoms with E-state index in [2.05, 4.69) is 5.32 Å². The standard InChI is InChI=1S/C14H19NO3.ClH/c1-14(7-9-15-10-8-14)18-13(16)11-5-3-4-6-12(11)17-2;/h3-6,15H,7-10H2,1-2H3;1H. The Morgan fingerprint density at radius 3 is 2.53 bits per heavy atom. The molecule has 1 N–H and O–H groups in total. The molecule has 19 heavy (non-hydrogen) atoms. The number of carbonyl (C=O) groups is 1. The smallest absolute Gasteiger partial charge is 0.342 e. The number of halogens is 1. The van der Waals surface area contributed by atoms with Gasteiger partial charge in [0.1, 0.15) is 16.9 Å². The summed E-state index contributed by atoms with van der Waals surface area (Å²) >= 11 is 0. The van der Waals surface area contributed by atoms with E-state index in [1.165, 1.54) is 0 Å². The summed E-state index contributed by atoms with van der Waals surface area (Å²) in [5.74, 6) is 0.247. The van der Waals surface area contributed by atoms with E-state index in [1.807, 2.05) is 19.1 Å². The molecule has 1 aliphatic rings. The van der Waals surface area contributed by atoms with Gasteiger partial charge in [-0.05, 0) is 45.0 Å². The van der Waals surface area contributed by atoms with Crippen molar-refractivity contribution in [3.8, 4) is 5.75 Å². The van der Waals surface area contributed by atoms with E-state index in [0.29, 0.717) is 11.3 Å². The van der Waals surface area contributed by atoms with Crippen molar-refractivity contribution in [2.24, 2.45) is 0 Å². The van der Waals surface area contributed by atoms with Gasteiger partial charge >= 0.3 is 5.97 Å². The lowest BCUT2D eigenvalue weighted by atomic mass is 9.94. The van der Waals surface area contributed by atoms with E-state index in [0.717, 1.165) is 25.9 Å². The third-order valence-electron chi connectivity index (χ3n) is 3.33. The molecule has 0 radical (unpaired) electrons. The lowest BCUT2D eigenvalue weighted by Gasteiger charge is -2.33.